The van der Waals surface area contributed by atoms with Crippen molar-refractivity contribution >= 4 is 5.91 Å². The van der Waals surface area contributed by atoms with Crippen LogP contribution in [0.5, 0.6) is 0 Å². The summed E-state index contributed by atoms with van der Waals surface area (Å²) in [4.78, 5) is 16.5. The number of hydrogen-bond donors (Lipinski definition) is 0. The number of likely N-dealkylation sites (tertiary alicyclic amines) is 1. The van der Waals surface area contributed by atoms with Crippen molar-refractivity contribution < 1.29 is 4.79 Å². The van der Waals surface area contributed by atoms with Crippen LogP contribution in [-0.4, -0.2) is 49.4 Å². The summed E-state index contributed by atoms with van der Waals surface area (Å²) in [6.07, 6.45) is 2.30. The first-order valence-corrected chi connectivity index (χ1v) is 7.19. The number of carbonyl (C=O) groups excluding carboxylic acids is 1. The molecule has 3 heteroatoms. The molecule has 1 heterocycles. The molecule has 3 nitrogen and oxygen atoms in total. The van der Waals surface area contributed by atoms with Gasteiger partial charge in [-0.25, -0.2) is 0 Å². The van der Waals surface area contributed by atoms with Crippen molar-refractivity contribution in [3.8, 4) is 0 Å². The van der Waals surface area contributed by atoms with Crippen LogP contribution in [0.15, 0.2) is 0 Å². The molecule has 106 valence electrons. The van der Waals surface area contributed by atoms with E-state index in [4.69, 9.17) is 0 Å². The molecule has 0 aliphatic carbocycles. The summed E-state index contributed by atoms with van der Waals surface area (Å²) in [6.45, 7) is 12.2. The van der Waals surface area contributed by atoms with Gasteiger partial charge in [0, 0.05) is 26.1 Å². The van der Waals surface area contributed by atoms with Gasteiger partial charge in [0.25, 0.3) is 0 Å². The maximum absolute atomic E-state index is 12.2. The number of amides is 1. The highest BCUT2D eigenvalue weighted by atomic mass is 16.2. The predicted molar refractivity (Wildman–Crippen MR) is 76.5 cm³/mol. The fourth-order valence-corrected chi connectivity index (χ4v) is 3.10. The largest absolute Gasteiger partial charge is 0.348 e. The molecular weight excluding hydrogens is 224 g/mol. The normalized spacial score (nSPS) is 19.3. The van der Waals surface area contributed by atoms with Crippen LogP contribution in [0.1, 0.15) is 40.5 Å². The van der Waals surface area contributed by atoms with E-state index < -0.39 is 0 Å². The lowest BCUT2D eigenvalue weighted by Gasteiger charge is -2.41. The molecule has 1 amide bonds. The van der Waals surface area contributed by atoms with Gasteiger partial charge in [-0.1, -0.05) is 27.7 Å². The summed E-state index contributed by atoms with van der Waals surface area (Å²) in [5.41, 5.74) is -0.215. The molecule has 0 atom stereocenters. The average Bonchev–Trinajstić information content (AvgIpc) is 2.27. The number of rotatable bonds is 4. The molecule has 1 saturated heterocycles. The van der Waals surface area contributed by atoms with Crippen molar-refractivity contribution in [1.82, 2.24) is 9.80 Å². The fourth-order valence-electron chi connectivity index (χ4n) is 3.10. The lowest BCUT2D eigenvalue weighted by molar-refractivity contribution is -0.141. The van der Waals surface area contributed by atoms with E-state index in [9.17, 15) is 4.79 Å². The molecule has 0 unspecified atom stereocenters. The van der Waals surface area contributed by atoms with E-state index in [1.807, 2.05) is 14.1 Å². The molecule has 1 aliphatic heterocycles. The standard InChI is InChI=1S/C15H30N2O/c1-12(2)11-17-9-7-13(8-10-17)15(3,4)14(18)16(5)6/h12-13H,7-11H2,1-6H3. The van der Waals surface area contributed by atoms with E-state index in [2.05, 4.69) is 32.6 Å². The zero-order valence-corrected chi connectivity index (χ0v) is 13.0. The second kappa shape index (κ2) is 6.05. The molecule has 18 heavy (non-hydrogen) atoms. The Morgan fingerprint density at radius 2 is 1.78 bits per heavy atom. The molecule has 0 radical (unpaired) electrons. The third-order valence-corrected chi connectivity index (χ3v) is 4.19. The molecule has 1 fully saturated rings. The zero-order valence-electron chi connectivity index (χ0n) is 13.0. The lowest BCUT2D eigenvalue weighted by Crippen LogP contribution is -2.46. The summed E-state index contributed by atoms with van der Waals surface area (Å²) < 4.78 is 0. The van der Waals surface area contributed by atoms with Gasteiger partial charge in [0.1, 0.15) is 0 Å². The summed E-state index contributed by atoms with van der Waals surface area (Å²) in [6, 6.07) is 0. The Morgan fingerprint density at radius 1 is 1.28 bits per heavy atom. The first-order chi connectivity index (χ1) is 8.25. The van der Waals surface area contributed by atoms with Crippen molar-refractivity contribution in [3.05, 3.63) is 0 Å². The van der Waals surface area contributed by atoms with E-state index in [1.54, 1.807) is 4.90 Å². The maximum Gasteiger partial charge on any atom is 0.227 e. The second-order valence-corrected chi connectivity index (χ2v) is 6.89. The minimum absolute atomic E-state index is 0.215. The van der Waals surface area contributed by atoms with Crippen molar-refractivity contribution in [2.24, 2.45) is 17.3 Å². The lowest BCUT2D eigenvalue weighted by atomic mass is 9.72. The molecular formula is C15H30N2O. The van der Waals surface area contributed by atoms with E-state index in [0.29, 0.717) is 5.92 Å². The highest BCUT2D eigenvalue weighted by molar-refractivity contribution is 5.81. The first kappa shape index (κ1) is 15.5. The molecule has 0 aromatic heterocycles. The third-order valence-electron chi connectivity index (χ3n) is 4.19. The van der Waals surface area contributed by atoms with Gasteiger partial charge in [0.15, 0.2) is 0 Å². The Bertz CT molecular complexity index is 276. The molecule has 0 aromatic carbocycles. The summed E-state index contributed by atoms with van der Waals surface area (Å²) >= 11 is 0. The summed E-state index contributed by atoms with van der Waals surface area (Å²) in [7, 11) is 3.72. The van der Waals surface area contributed by atoms with Gasteiger partial charge in [-0.2, -0.15) is 0 Å². The second-order valence-electron chi connectivity index (χ2n) is 6.89. The summed E-state index contributed by atoms with van der Waals surface area (Å²) in [5.74, 6) is 1.53. The van der Waals surface area contributed by atoms with E-state index in [0.717, 1.165) is 31.8 Å². The average molecular weight is 254 g/mol. The van der Waals surface area contributed by atoms with Gasteiger partial charge in [0.05, 0.1) is 0 Å². The molecule has 0 bridgehead atoms. The van der Waals surface area contributed by atoms with Gasteiger partial charge < -0.3 is 9.80 Å². The smallest absolute Gasteiger partial charge is 0.227 e. The quantitative estimate of drug-likeness (QED) is 0.769. The highest BCUT2D eigenvalue weighted by Crippen LogP contribution is 2.36. The van der Waals surface area contributed by atoms with Crippen LogP contribution < -0.4 is 0 Å². The van der Waals surface area contributed by atoms with Crippen LogP contribution in [0.25, 0.3) is 0 Å². The number of hydrogen-bond acceptors (Lipinski definition) is 2. The maximum atomic E-state index is 12.2. The van der Waals surface area contributed by atoms with E-state index in [-0.39, 0.29) is 11.3 Å². The van der Waals surface area contributed by atoms with Crippen molar-refractivity contribution in [2.75, 3.05) is 33.7 Å². The van der Waals surface area contributed by atoms with Crippen LogP contribution in [0.3, 0.4) is 0 Å². The molecule has 1 rings (SSSR count). The number of piperidine rings is 1. The monoisotopic (exact) mass is 254 g/mol. The van der Waals surface area contributed by atoms with Crippen molar-refractivity contribution in [2.45, 2.75) is 40.5 Å². The minimum Gasteiger partial charge on any atom is -0.348 e. The Labute approximate surface area is 113 Å². The van der Waals surface area contributed by atoms with Crippen LogP contribution in [0.4, 0.5) is 0 Å². The van der Waals surface area contributed by atoms with Gasteiger partial charge >= 0.3 is 0 Å². The molecule has 1 aliphatic rings. The summed E-state index contributed by atoms with van der Waals surface area (Å²) in [5, 5.41) is 0. The first-order valence-electron chi connectivity index (χ1n) is 7.19. The number of nitrogens with zero attached hydrogens (tertiary/aromatic N) is 2. The number of carbonyl (C=O) groups is 1. The highest BCUT2D eigenvalue weighted by Gasteiger charge is 2.39. The Kier molecular flexibility index (Phi) is 5.20. The minimum atomic E-state index is -0.215. The fraction of sp³-hybridized carbons (Fsp3) is 0.933. The van der Waals surface area contributed by atoms with Gasteiger partial charge in [-0.15, -0.1) is 0 Å². The molecule has 0 aromatic rings. The van der Waals surface area contributed by atoms with Crippen LogP contribution in [-0.2, 0) is 4.79 Å². The molecule has 0 saturated carbocycles. The van der Waals surface area contributed by atoms with E-state index >= 15 is 0 Å². The predicted octanol–water partition coefficient (Wildman–Crippen LogP) is 2.47. The molecule has 0 N–H and O–H groups in total. The topological polar surface area (TPSA) is 23.6 Å². The van der Waals surface area contributed by atoms with Crippen LogP contribution >= 0.6 is 0 Å². The Balaban J connectivity index is 2.54. The Morgan fingerprint density at radius 3 is 2.17 bits per heavy atom. The Hall–Kier alpha value is -0.570. The zero-order chi connectivity index (χ0) is 13.9. The van der Waals surface area contributed by atoms with Gasteiger partial charge in [0.2, 0.25) is 5.91 Å². The van der Waals surface area contributed by atoms with Gasteiger partial charge in [-0.05, 0) is 37.8 Å². The van der Waals surface area contributed by atoms with Crippen molar-refractivity contribution in [1.29, 1.82) is 0 Å². The van der Waals surface area contributed by atoms with Gasteiger partial charge in [-0.3, -0.25) is 4.79 Å². The van der Waals surface area contributed by atoms with E-state index in [1.165, 1.54) is 6.54 Å². The third kappa shape index (κ3) is 3.71. The van der Waals surface area contributed by atoms with Crippen LogP contribution in [0, 0.1) is 17.3 Å². The SMILES string of the molecule is CC(C)CN1CCC(C(C)(C)C(=O)N(C)C)CC1. The molecule has 0 spiro atoms. The van der Waals surface area contributed by atoms with Crippen LogP contribution in [0.2, 0.25) is 0 Å². The van der Waals surface area contributed by atoms with Crippen molar-refractivity contribution in [3.63, 3.8) is 0 Å².